The second-order valence-electron chi connectivity index (χ2n) is 6.62. The zero-order chi connectivity index (χ0) is 21.2. The maximum absolute atomic E-state index is 11.9. The number of hydrogen-bond donors (Lipinski definition) is 1. The van der Waals surface area contributed by atoms with Gasteiger partial charge in [-0.3, -0.25) is 14.9 Å². The van der Waals surface area contributed by atoms with Crippen molar-refractivity contribution >= 4 is 23.5 Å². The normalized spacial score (nSPS) is 10.7. The predicted molar refractivity (Wildman–Crippen MR) is 114 cm³/mol. The summed E-state index contributed by atoms with van der Waals surface area (Å²) in [5, 5.41) is 15.1. The van der Waals surface area contributed by atoms with Gasteiger partial charge in [0.2, 0.25) is 5.91 Å². The van der Waals surface area contributed by atoms with E-state index in [1.54, 1.807) is 31.1 Å². The van der Waals surface area contributed by atoms with E-state index in [2.05, 4.69) is 10.5 Å². The molecule has 2 rings (SSSR count). The van der Waals surface area contributed by atoms with Crippen LogP contribution < -0.4 is 15.1 Å². The molecule has 0 atom stereocenters. The number of hydrogen-bond acceptors (Lipinski definition) is 6. The molecule has 0 fully saturated rings. The quantitative estimate of drug-likeness (QED) is 0.375. The fourth-order valence-electron chi connectivity index (χ4n) is 2.75. The van der Waals surface area contributed by atoms with Crippen LogP contribution in [-0.4, -0.2) is 37.7 Å². The molecule has 1 N–H and O–H groups in total. The highest BCUT2D eigenvalue weighted by Crippen LogP contribution is 2.27. The third kappa shape index (κ3) is 6.91. The highest BCUT2D eigenvalue weighted by atomic mass is 16.6. The van der Waals surface area contributed by atoms with Crippen molar-refractivity contribution in [3.8, 4) is 5.75 Å². The molecule has 0 saturated heterocycles. The Morgan fingerprint density at radius 3 is 2.59 bits per heavy atom. The first kappa shape index (κ1) is 21.9. The minimum Gasteiger partial charge on any atom is -0.494 e. The first-order valence-electron chi connectivity index (χ1n) is 9.40. The van der Waals surface area contributed by atoms with Crippen molar-refractivity contribution in [3.63, 3.8) is 0 Å². The van der Waals surface area contributed by atoms with Crippen LogP contribution in [0.15, 0.2) is 47.6 Å². The summed E-state index contributed by atoms with van der Waals surface area (Å²) in [6, 6.07) is 12.6. The highest BCUT2D eigenvalue weighted by Gasteiger charge is 2.15. The summed E-state index contributed by atoms with van der Waals surface area (Å²) in [6.45, 7) is 2.57. The second-order valence-corrected chi connectivity index (χ2v) is 6.62. The van der Waals surface area contributed by atoms with Gasteiger partial charge in [0, 0.05) is 32.1 Å². The van der Waals surface area contributed by atoms with E-state index in [1.807, 2.05) is 31.2 Å². The Morgan fingerprint density at radius 2 is 1.97 bits per heavy atom. The number of carbonyl (C=O) groups excluding carboxylic acids is 1. The number of hydrazone groups is 1. The van der Waals surface area contributed by atoms with Crippen molar-refractivity contribution < 1.29 is 14.5 Å². The average molecular weight is 398 g/mol. The number of nitro benzene ring substituents is 1. The molecule has 0 aliphatic rings. The molecule has 0 aliphatic carbocycles. The topological polar surface area (TPSA) is 97.1 Å². The Labute approximate surface area is 170 Å². The van der Waals surface area contributed by atoms with Crippen LogP contribution in [0.3, 0.4) is 0 Å². The van der Waals surface area contributed by atoms with Gasteiger partial charge in [-0.2, -0.15) is 5.10 Å². The molecule has 29 heavy (non-hydrogen) atoms. The Balaban J connectivity index is 1.82. The number of nitro groups is 1. The average Bonchev–Trinajstić information content (AvgIpc) is 2.69. The van der Waals surface area contributed by atoms with Crippen LogP contribution in [0.25, 0.3) is 0 Å². The van der Waals surface area contributed by atoms with E-state index < -0.39 is 4.92 Å². The SMILES string of the molecule is CCOc1ccc(CCCC(=O)N/N=C/c2ccc(N(C)C)c([N+](=O)[O-])c2)cc1. The Morgan fingerprint density at radius 1 is 1.24 bits per heavy atom. The third-order valence-electron chi connectivity index (χ3n) is 4.18. The number of carbonyl (C=O) groups is 1. The van der Waals surface area contributed by atoms with E-state index in [-0.39, 0.29) is 11.6 Å². The van der Waals surface area contributed by atoms with Crippen LogP contribution in [0.2, 0.25) is 0 Å². The lowest BCUT2D eigenvalue weighted by Crippen LogP contribution is -2.17. The van der Waals surface area contributed by atoms with E-state index in [4.69, 9.17) is 4.74 Å². The molecule has 154 valence electrons. The molecule has 0 spiro atoms. The molecule has 0 heterocycles. The third-order valence-corrected chi connectivity index (χ3v) is 4.18. The zero-order valence-corrected chi connectivity index (χ0v) is 16.9. The summed E-state index contributed by atoms with van der Waals surface area (Å²) in [6.07, 6.45) is 3.21. The van der Waals surface area contributed by atoms with Gasteiger partial charge in [0.05, 0.1) is 17.7 Å². The van der Waals surface area contributed by atoms with Crippen molar-refractivity contribution in [1.29, 1.82) is 0 Å². The van der Waals surface area contributed by atoms with Crippen molar-refractivity contribution in [2.45, 2.75) is 26.2 Å². The fourth-order valence-corrected chi connectivity index (χ4v) is 2.75. The predicted octanol–water partition coefficient (Wildman–Crippen LogP) is 3.53. The number of aryl methyl sites for hydroxylation is 1. The van der Waals surface area contributed by atoms with Crippen LogP contribution in [0.4, 0.5) is 11.4 Å². The Kier molecular flexibility index (Phi) is 8.14. The van der Waals surface area contributed by atoms with Gasteiger partial charge in [0.1, 0.15) is 11.4 Å². The van der Waals surface area contributed by atoms with Crippen LogP contribution >= 0.6 is 0 Å². The smallest absolute Gasteiger partial charge is 0.293 e. The van der Waals surface area contributed by atoms with Gasteiger partial charge in [-0.1, -0.05) is 18.2 Å². The van der Waals surface area contributed by atoms with Crippen molar-refractivity contribution in [3.05, 3.63) is 63.7 Å². The van der Waals surface area contributed by atoms with Crippen LogP contribution in [0.5, 0.6) is 5.75 Å². The molecule has 2 aromatic carbocycles. The molecular formula is C21H26N4O4. The number of nitrogens with one attached hydrogen (secondary N) is 1. The van der Waals surface area contributed by atoms with Crippen LogP contribution in [-0.2, 0) is 11.2 Å². The van der Waals surface area contributed by atoms with Crippen molar-refractivity contribution in [1.82, 2.24) is 5.43 Å². The van der Waals surface area contributed by atoms with Crippen LogP contribution in [0, 0.1) is 10.1 Å². The molecule has 0 aliphatic heterocycles. The number of anilines is 1. The summed E-state index contributed by atoms with van der Waals surface area (Å²) >= 11 is 0. The number of ether oxygens (including phenoxy) is 1. The van der Waals surface area contributed by atoms with Gasteiger partial charge in [-0.15, -0.1) is 0 Å². The maximum atomic E-state index is 11.9. The number of rotatable bonds is 10. The summed E-state index contributed by atoms with van der Waals surface area (Å²) in [7, 11) is 3.48. The molecule has 0 bridgehead atoms. The molecule has 1 amide bonds. The number of amides is 1. The van der Waals surface area contributed by atoms with E-state index in [0.717, 1.165) is 17.7 Å². The molecule has 0 unspecified atom stereocenters. The Bertz CT molecular complexity index is 863. The second kappa shape index (κ2) is 10.8. The summed E-state index contributed by atoms with van der Waals surface area (Å²) in [4.78, 5) is 24.4. The van der Waals surface area contributed by atoms with E-state index in [1.165, 1.54) is 12.3 Å². The number of benzene rings is 2. The van der Waals surface area contributed by atoms with Gasteiger partial charge in [0.15, 0.2) is 0 Å². The van der Waals surface area contributed by atoms with Crippen molar-refractivity contribution in [2.75, 3.05) is 25.6 Å². The molecule has 2 aromatic rings. The zero-order valence-electron chi connectivity index (χ0n) is 16.9. The van der Waals surface area contributed by atoms with E-state index in [9.17, 15) is 14.9 Å². The first-order valence-corrected chi connectivity index (χ1v) is 9.40. The van der Waals surface area contributed by atoms with E-state index in [0.29, 0.717) is 30.7 Å². The molecule has 8 nitrogen and oxygen atoms in total. The van der Waals surface area contributed by atoms with E-state index >= 15 is 0 Å². The maximum Gasteiger partial charge on any atom is 0.293 e. The monoisotopic (exact) mass is 398 g/mol. The lowest BCUT2D eigenvalue weighted by Gasteiger charge is -2.12. The summed E-state index contributed by atoms with van der Waals surface area (Å²) < 4.78 is 5.40. The Hall–Kier alpha value is -3.42. The summed E-state index contributed by atoms with van der Waals surface area (Å²) in [5.41, 5.74) is 4.63. The van der Waals surface area contributed by atoms with Crippen molar-refractivity contribution in [2.24, 2.45) is 5.10 Å². The lowest BCUT2D eigenvalue weighted by atomic mass is 10.1. The highest BCUT2D eigenvalue weighted by molar-refractivity contribution is 5.84. The van der Waals surface area contributed by atoms with Gasteiger partial charge in [-0.25, -0.2) is 5.43 Å². The molecule has 0 radical (unpaired) electrons. The molecule has 0 saturated carbocycles. The molecular weight excluding hydrogens is 372 g/mol. The van der Waals surface area contributed by atoms with Gasteiger partial charge in [-0.05, 0) is 43.5 Å². The van der Waals surface area contributed by atoms with Gasteiger partial charge < -0.3 is 9.64 Å². The standard InChI is InChI=1S/C21H26N4O4/c1-4-29-18-11-8-16(9-12-18)6-5-7-21(26)23-22-15-17-10-13-19(24(2)3)20(14-17)25(27)28/h8-15H,4-7H2,1-3H3,(H,23,26)/b22-15+. The summed E-state index contributed by atoms with van der Waals surface area (Å²) in [5.74, 6) is 0.633. The minimum absolute atomic E-state index is 0.0133. The number of nitrogens with zero attached hydrogens (tertiary/aromatic N) is 3. The van der Waals surface area contributed by atoms with Gasteiger partial charge in [0.25, 0.3) is 5.69 Å². The molecule has 0 aromatic heterocycles. The first-order chi connectivity index (χ1) is 13.9. The van der Waals surface area contributed by atoms with Gasteiger partial charge >= 0.3 is 0 Å². The lowest BCUT2D eigenvalue weighted by molar-refractivity contribution is -0.384. The van der Waals surface area contributed by atoms with Crippen LogP contribution in [0.1, 0.15) is 30.9 Å². The minimum atomic E-state index is -0.438. The molecule has 8 heteroatoms. The fraction of sp³-hybridized carbons (Fsp3) is 0.333. The largest absolute Gasteiger partial charge is 0.494 e.